The fourth-order valence-corrected chi connectivity index (χ4v) is 7.16. The van der Waals surface area contributed by atoms with Crippen LogP contribution in [0.4, 0.5) is 0 Å². The second kappa shape index (κ2) is 16.1. The summed E-state index contributed by atoms with van der Waals surface area (Å²) < 4.78 is 8.77. The van der Waals surface area contributed by atoms with E-state index >= 15 is 0 Å². The molecule has 55 heavy (non-hydrogen) atoms. The second-order valence-corrected chi connectivity index (χ2v) is 13.9. The summed E-state index contributed by atoms with van der Waals surface area (Å²) >= 11 is 0. The molecule has 0 spiro atoms. The molecule has 0 saturated carbocycles. The molecule has 0 aliphatic carbocycles. The molecule has 0 fully saturated rings. The number of para-hydroxylation sites is 2. The summed E-state index contributed by atoms with van der Waals surface area (Å²) in [6, 6.07) is 55.7. The van der Waals surface area contributed by atoms with Crippen LogP contribution in [0, 0.1) is 23.5 Å². The quantitative estimate of drug-likeness (QED) is 0.156. The van der Waals surface area contributed by atoms with E-state index in [1.54, 1.807) is 6.20 Å². The molecule has 6 heteroatoms. The van der Waals surface area contributed by atoms with Crippen LogP contribution < -0.4 is 0 Å². The molecule has 0 bridgehead atoms. The van der Waals surface area contributed by atoms with E-state index in [4.69, 9.17) is 9.40 Å². The van der Waals surface area contributed by atoms with Gasteiger partial charge in [-0.05, 0) is 82.2 Å². The van der Waals surface area contributed by atoms with Crippen molar-refractivity contribution < 1.29 is 24.5 Å². The number of furan rings is 1. The fraction of sp³-hybridized carbons (Fsp3) is 0.122. The van der Waals surface area contributed by atoms with Gasteiger partial charge < -0.3 is 14.0 Å². The molecule has 1 radical (unpaired) electrons. The summed E-state index contributed by atoms with van der Waals surface area (Å²) in [4.78, 5) is 9.43. The second-order valence-electron chi connectivity index (χ2n) is 13.9. The van der Waals surface area contributed by atoms with Gasteiger partial charge in [0.25, 0.3) is 0 Å². The van der Waals surface area contributed by atoms with Gasteiger partial charge in [0.15, 0.2) is 0 Å². The molecule has 3 heterocycles. The van der Waals surface area contributed by atoms with Crippen molar-refractivity contribution in [3.8, 4) is 45.5 Å². The number of nitrogens with zero attached hydrogens (tertiary/aromatic N) is 4. The van der Waals surface area contributed by atoms with Gasteiger partial charge in [-0.3, -0.25) is 4.98 Å². The number of pyridine rings is 1. The van der Waals surface area contributed by atoms with E-state index in [2.05, 4.69) is 116 Å². The van der Waals surface area contributed by atoms with E-state index in [1.807, 2.05) is 78.9 Å². The first kappa shape index (κ1) is 37.2. The molecule has 0 amide bonds. The third kappa shape index (κ3) is 7.13. The van der Waals surface area contributed by atoms with Gasteiger partial charge >= 0.3 is 0 Å². The Morgan fingerprint density at radius 2 is 1.44 bits per heavy atom. The minimum absolute atomic E-state index is 0. The third-order valence-electron chi connectivity index (χ3n) is 9.76. The molecule has 0 unspecified atom stereocenters. The molecule has 0 aliphatic heterocycles. The standard InChI is InChI=1S/C38H30N3O.C11H8N.Ir/c1-23(2)30-20-27(25-12-6-5-7-13-25)21-31(24(3)4)36(30)41-33-18-9-8-17-32(33)40-38(41)29-16-11-15-28-35-26(22-39)14-10-19-34(35)42-37(28)29;1-2-6-10(7-3-1)11-8-4-5-9-12-11;/h5-15,17-21,23-24H,1-4H3;1-6,8-9H;/q2*-1;. The Hall–Kier alpha value is -6.12. The maximum Gasteiger partial charge on any atom is 0.122 e. The largest absolute Gasteiger partial charge is 0.500 e. The Morgan fingerprint density at radius 1 is 0.709 bits per heavy atom. The van der Waals surface area contributed by atoms with Crippen LogP contribution in [0.5, 0.6) is 0 Å². The van der Waals surface area contributed by atoms with Crippen molar-refractivity contribution in [3.63, 3.8) is 0 Å². The summed E-state index contributed by atoms with van der Waals surface area (Å²) in [6.07, 6.45) is 1.79. The Kier molecular flexibility index (Phi) is 10.9. The maximum absolute atomic E-state index is 9.84. The fourth-order valence-electron chi connectivity index (χ4n) is 7.16. The monoisotopic (exact) mass is 891 g/mol. The first-order chi connectivity index (χ1) is 26.4. The van der Waals surface area contributed by atoms with E-state index in [-0.39, 0.29) is 31.9 Å². The zero-order chi connectivity index (χ0) is 37.2. The van der Waals surface area contributed by atoms with Crippen LogP contribution in [0.3, 0.4) is 0 Å². The molecule has 5 nitrogen and oxygen atoms in total. The molecule has 9 rings (SSSR count). The number of aromatic nitrogens is 3. The molecular weight excluding hydrogens is 853 g/mol. The first-order valence-corrected chi connectivity index (χ1v) is 18.3. The molecule has 0 saturated heterocycles. The van der Waals surface area contributed by atoms with Crippen LogP contribution in [0.2, 0.25) is 0 Å². The predicted octanol–water partition coefficient (Wildman–Crippen LogP) is 12.7. The van der Waals surface area contributed by atoms with E-state index in [0.29, 0.717) is 16.7 Å². The average Bonchev–Trinajstić information content (AvgIpc) is 3.80. The van der Waals surface area contributed by atoms with E-state index in [9.17, 15) is 5.26 Å². The van der Waals surface area contributed by atoms with Gasteiger partial charge in [0.1, 0.15) is 5.58 Å². The zero-order valence-corrected chi connectivity index (χ0v) is 33.4. The number of hydrogen-bond donors (Lipinski definition) is 0. The molecule has 0 N–H and O–H groups in total. The number of imidazole rings is 1. The number of benzene rings is 6. The van der Waals surface area contributed by atoms with E-state index in [0.717, 1.165) is 50.1 Å². The summed E-state index contributed by atoms with van der Waals surface area (Å²) in [6.45, 7) is 9.02. The van der Waals surface area contributed by atoms with E-state index < -0.39 is 0 Å². The molecule has 0 aliphatic rings. The van der Waals surface area contributed by atoms with Gasteiger partial charge in [-0.15, -0.1) is 54.1 Å². The summed E-state index contributed by atoms with van der Waals surface area (Å²) in [5, 5.41) is 11.6. The topological polar surface area (TPSA) is 67.6 Å². The summed E-state index contributed by atoms with van der Waals surface area (Å²) in [7, 11) is 0. The van der Waals surface area contributed by atoms with Crippen molar-refractivity contribution in [3.05, 3.63) is 175 Å². The molecular formula is C49H38IrN4O-2. The Labute approximate surface area is 335 Å². The SMILES string of the molecule is CC(C)c1cc(-c2ccccc2)cc(C(C)C)c1-n1c(-c2[c-]ccc3c2oc2cccc(C#N)c23)nc2ccccc21.[Ir].[c-]1ccccc1-c1ccccn1. The van der Waals surface area contributed by atoms with Crippen molar-refractivity contribution in [2.75, 3.05) is 0 Å². The molecule has 3 aromatic heterocycles. The first-order valence-electron chi connectivity index (χ1n) is 18.3. The maximum atomic E-state index is 9.84. The molecule has 0 atom stereocenters. The van der Waals surface area contributed by atoms with Gasteiger partial charge in [-0.25, -0.2) is 0 Å². The third-order valence-corrected chi connectivity index (χ3v) is 9.76. The van der Waals surface area contributed by atoms with Gasteiger partial charge in [0.2, 0.25) is 0 Å². The normalized spacial score (nSPS) is 11.1. The predicted molar refractivity (Wildman–Crippen MR) is 219 cm³/mol. The van der Waals surface area contributed by atoms with Gasteiger partial charge in [0, 0.05) is 37.4 Å². The Balaban J connectivity index is 0.000000305. The summed E-state index contributed by atoms with van der Waals surface area (Å²) in [5.41, 5.74) is 12.8. The van der Waals surface area contributed by atoms with Gasteiger partial charge in [-0.1, -0.05) is 99.3 Å². The number of rotatable bonds is 6. The molecule has 9 aromatic rings. The van der Waals surface area contributed by atoms with Crippen LogP contribution >= 0.6 is 0 Å². The Morgan fingerprint density at radius 3 is 2.13 bits per heavy atom. The van der Waals surface area contributed by atoms with Crippen molar-refractivity contribution in [2.24, 2.45) is 0 Å². The number of fused-ring (bicyclic) bond motifs is 4. The molecule has 6 aromatic carbocycles. The number of nitriles is 1. The van der Waals surface area contributed by atoms with Crippen LogP contribution in [-0.2, 0) is 20.1 Å². The van der Waals surface area contributed by atoms with Gasteiger partial charge in [-0.2, -0.15) is 5.26 Å². The number of hydrogen-bond acceptors (Lipinski definition) is 4. The van der Waals surface area contributed by atoms with Crippen LogP contribution in [0.15, 0.2) is 150 Å². The van der Waals surface area contributed by atoms with Crippen molar-refractivity contribution in [1.82, 2.24) is 14.5 Å². The van der Waals surface area contributed by atoms with Crippen molar-refractivity contribution in [1.29, 1.82) is 5.26 Å². The van der Waals surface area contributed by atoms with Crippen LogP contribution in [0.25, 0.3) is 72.4 Å². The zero-order valence-electron chi connectivity index (χ0n) is 31.0. The van der Waals surface area contributed by atoms with Crippen molar-refractivity contribution >= 4 is 33.0 Å². The summed E-state index contributed by atoms with van der Waals surface area (Å²) in [5.74, 6) is 1.30. The van der Waals surface area contributed by atoms with E-state index in [1.165, 1.54) is 22.3 Å². The minimum Gasteiger partial charge on any atom is -0.500 e. The van der Waals surface area contributed by atoms with Crippen molar-refractivity contribution in [2.45, 2.75) is 39.5 Å². The Bertz CT molecular complexity index is 2710. The minimum atomic E-state index is 0. The van der Waals surface area contributed by atoms with Crippen LogP contribution in [-0.4, -0.2) is 14.5 Å². The molecule has 271 valence electrons. The average molecular weight is 891 g/mol. The smallest absolute Gasteiger partial charge is 0.122 e. The van der Waals surface area contributed by atoms with Crippen LogP contribution in [0.1, 0.15) is 56.2 Å². The van der Waals surface area contributed by atoms with Gasteiger partial charge in [0.05, 0.1) is 34.1 Å².